The van der Waals surface area contributed by atoms with Crippen molar-refractivity contribution in [2.75, 3.05) is 18.5 Å². The molecule has 1 unspecified atom stereocenters. The van der Waals surface area contributed by atoms with Gasteiger partial charge in [0.05, 0.1) is 6.10 Å². The minimum absolute atomic E-state index is 0.206. The Morgan fingerprint density at radius 3 is 2.60 bits per heavy atom. The van der Waals surface area contributed by atoms with Gasteiger partial charge in [-0.1, -0.05) is 0 Å². The number of benzene rings is 1. The van der Waals surface area contributed by atoms with Crippen molar-refractivity contribution in [3.05, 3.63) is 24.3 Å². The maximum atomic E-state index is 12.0. The van der Waals surface area contributed by atoms with Crippen LogP contribution in [0.5, 0.6) is 5.75 Å². The lowest BCUT2D eigenvalue weighted by molar-refractivity contribution is -0.274. The molecule has 2 rings (SSSR count). The number of hydrogen-bond donors (Lipinski definition) is 1. The minimum atomic E-state index is -4.64. The summed E-state index contributed by atoms with van der Waals surface area (Å²) in [6, 6.07) is 5.76. The third kappa shape index (κ3) is 5.28. The van der Waals surface area contributed by atoms with Gasteiger partial charge < -0.3 is 14.8 Å². The molecule has 6 heteroatoms. The fraction of sp³-hybridized carbons (Fsp3) is 0.571. The van der Waals surface area contributed by atoms with Gasteiger partial charge in [-0.2, -0.15) is 0 Å². The van der Waals surface area contributed by atoms with Crippen molar-refractivity contribution in [3.8, 4) is 5.75 Å². The Balaban J connectivity index is 1.68. The van der Waals surface area contributed by atoms with Gasteiger partial charge in [-0.15, -0.1) is 13.2 Å². The second kappa shape index (κ2) is 6.83. The molecule has 1 aromatic rings. The molecule has 0 aliphatic carbocycles. The van der Waals surface area contributed by atoms with Crippen molar-refractivity contribution < 1.29 is 22.6 Å². The standard InChI is InChI=1S/C14H18F3NO2/c15-14(16,17)20-13-7-5-11(6-8-13)18-9-1-3-12-4-2-10-19-12/h5-8,12,18H,1-4,9-10H2. The largest absolute Gasteiger partial charge is 0.573 e. The smallest absolute Gasteiger partial charge is 0.406 e. The van der Waals surface area contributed by atoms with Gasteiger partial charge in [-0.05, 0) is 49.9 Å². The molecular formula is C14H18F3NO2. The van der Waals surface area contributed by atoms with Gasteiger partial charge in [0, 0.05) is 18.8 Å². The molecule has 0 aromatic heterocycles. The fourth-order valence-electron chi connectivity index (χ4n) is 2.21. The topological polar surface area (TPSA) is 30.5 Å². The van der Waals surface area contributed by atoms with E-state index in [1.54, 1.807) is 12.1 Å². The highest BCUT2D eigenvalue weighted by molar-refractivity contribution is 5.46. The van der Waals surface area contributed by atoms with Crippen LogP contribution in [0.3, 0.4) is 0 Å². The Morgan fingerprint density at radius 1 is 1.25 bits per heavy atom. The molecule has 1 aliphatic rings. The first-order valence-electron chi connectivity index (χ1n) is 6.74. The molecular weight excluding hydrogens is 271 g/mol. The van der Waals surface area contributed by atoms with Gasteiger partial charge in [0.25, 0.3) is 0 Å². The zero-order valence-electron chi connectivity index (χ0n) is 11.1. The lowest BCUT2D eigenvalue weighted by Gasteiger charge is -2.11. The molecule has 0 amide bonds. The first-order chi connectivity index (χ1) is 9.53. The molecule has 0 radical (unpaired) electrons. The van der Waals surface area contributed by atoms with E-state index < -0.39 is 6.36 Å². The Bertz CT molecular complexity index is 400. The van der Waals surface area contributed by atoms with Gasteiger partial charge in [0.15, 0.2) is 0 Å². The highest BCUT2D eigenvalue weighted by atomic mass is 19.4. The lowest BCUT2D eigenvalue weighted by atomic mass is 10.1. The SMILES string of the molecule is FC(F)(F)Oc1ccc(NCCCC2CCCO2)cc1. The highest BCUT2D eigenvalue weighted by Crippen LogP contribution is 2.24. The summed E-state index contributed by atoms with van der Waals surface area (Å²) in [4.78, 5) is 0. The number of anilines is 1. The van der Waals surface area contributed by atoms with Crippen LogP contribution in [0.1, 0.15) is 25.7 Å². The van der Waals surface area contributed by atoms with Gasteiger partial charge in [-0.3, -0.25) is 0 Å². The van der Waals surface area contributed by atoms with Crippen molar-refractivity contribution in [2.45, 2.75) is 38.1 Å². The number of halogens is 3. The molecule has 112 valence electrons. The Labute approximate surface area is 116 Å². The van der Waals surface area contributed by atoms with Crippen molar-refractivity contribution in [1.82, 2.24) is 0 Å². The van der Waals surface area contributed by atoms with Crippen LogP contribution >= 0.6 is 0 Å². The number of alkyl halides is 3. The monoisotopic (exact) mass is 289 g/mol. The quantitative estimate of drug-likeness (QED) is 0.804. The van der Waals surface area contributed by atoms with Crippen LogP contribution in [-0.2, 0) is 4.74 Å². The van der Waals surface area contributed by atoms with Crippen LogP contribution < -0.4 is 10.1 Å². The third-order valence-corrected chi connectivity index (χ3v) is 3.14. The zero-order valence-corrected chi connectivity index (χ0v) is 11.1. The second-order valence-electron chi connectivity index (χ2n) is 4.78. The molecule has 3 nitrogen and oxygen atoms in total. The molecule has 20 heavy (non-hydrogen) atoms. The Morgan fingerprint density at radius 2 is 2.00 bits per heavy atom. The average molecular weight is 289 g/mol. The van der Waals surface area contributed by atoms with Crippen LogP contribution in [-0.4, -0.2) is 25.6 Å². The lowest BCUT2D eigenvalue weighted by Crippen LogP contribution is -2.17. The fourth-order valence-corrected chi connectivity index (χ4v) is 2.21. The predicted octanol–water partition coefficient (Wildman–Crippen LogP) is 3.96. The van der Waals surface area contributed by atoms with Gasteiger partial charge in [0.1, 0.15) is 5.75 Å². The van der Waals surface area contributed by atoms with E-state index in [0.717, 1.165) is 44.5 Å². The van der Waals surface area contributed by atoms with Crippen LogP contribution in [0.25, 0.3) is 0 Å². The summed E-state index contributed by atoms with van der Waals surface area (Å²) in [5, 5.41) is 3.17. The molecule has 1 aromatic carbocycles. The number of hydrogen-bond acceptors (Lipinski definition) is 3. The summed E-state index contributed by atoms with van der Waals surface area (Å²) in [7, 11) is 0. The van der Waals surface area contributed by atoms with Crippen LogP contribution in [0.15, 0.2) is 24.3 Å². The molecule has 1 aliphatic heterocycles. The van der Waals surface area contributed by atoms with E-state index in [9.17, 15) is 13.2 Å². The molecule has 0 spiro atoms. The molecule has 1 N–H and O–H groups in total. The van der Waals surface area contributed by atoms with Crippen LogP contribution in [0.2, 0.25) is 0 Å². The van der Waals surface area contributed by atoms with Crippen molar-refractivity contribution in [3.63, 3.8) is 0 Å². The van der Waals surface area contributed by atoms with Crippen molar-refractivity contribution in [2.24, 2.45) is 0 Å². The van der Waals surface area contributed by atoms with Crippen LogP contribution in [0.4, 0.5) is 18.9 Å². The zero-order chi connectivity index (χ0) is 14.4. The van der Waals surface area contributed by atoms with Crippen molar-refractivity contribution >= 4 is 5.69 Å². The summed E-state index contributed by atoms with van der Waals surface area (Å²) in [6.07, 6.45) is -0.00832. The predicted molar refractivity (Wildman–Crippen MR) is 69.8 cm³/mol. The summed E-state index contributed by atoms with van der Waals surface area (Å²) in [6.45, 7) is 1.64. The molecule has 0 bridgehead atoms. The maximum Gasteiger partial charge on any atom is 0.573 e. The average Bonchev–Trinajstić information content (AvgIpc) is 2.88. The number of rotatable bonds is 6. The normalized spacial score (nSPS) is 19.1. The molecule has 1 heterocycles. The van der Waals surface area contributed by atoms with E-state index in [1.807, 2.05) is 0 Å². The molecule has 1 fully saturated rings. The molecule has 0 saturated carbocycles. The van der Waals surface area contributed by atoms with E-state index >= 15 is 0 Å². The van der Waals surface area contributed by atoms with Gasteiger partial charge in [0.2, 0.25) is 0 Å². The first kappa shape index (κ1) is 15.0. The number of nitrogens with one attached hydrogen (secondary N) is 1. The van der Waals surface area contributed by atoms with Gasteiger partial charge in [-0.25, -0.2) is 0 Å². The Kier molecular flexibility index (Phi) is 5.11. The maximum absolute atomic E-state index is 12.0. The minimum Gasteiger partial charge on any atom is -0.406 e. The second-order valence-corrected chi connectivity index (χ2v) is 4.78. The molecule has 1 saturated heterocycles. The summed E-state index contributed by atoms with van der Waals surface area (Å²) in [5.41, 5.74) is 0.784. The van der Waals surface area contributed by atoms with Gasteiger partial charge >= 0.3 is 6.36 Å². The summed E-state index contributed by atoms with van der Waals surface area (Å²) < 4.78 is 45.3. The van der Waals surface area contributed by atoms with E-state index in [2.05, 4.69) is 10.1 Å². The van der Waals surface area contributed by atoms with E-state index in [1.165, 1.54) is 12.1 Å². The van der Waals surface area contributed by atoms with E-state index in [4.69, 9.17) is 4.74 Å². The first-order valence-corrected chi connectivity index (χ1v) is 6.74. The Hall–Kier alpha value is -1.43. The number of ether oxygens (including phenoxy) is 2. The molecule has 1 atom stereocenters. The summed E-state index contributed by atoms with van der Waals surface area (Å²) >= 11 is 0. The van der Waals surface area contributed by atoms with Crippen molar-refractivity contribution in [1.29, 1.82) is 0 Å². The third-order valence-electron chi connectivity index (χ3n) is 3.14. The van der Waals surface area contributed by atoms with E-state index in [0.29, 0.717) is 6.10 Å². The highest BCUT2D eigenvalue weighted by Gasteiger charge is 2.30. The van der Waals surface area contributed by atoms with E-state index in [-0.39, 0.29) is 5.75 Å². The summed E-state index contributed by atoms with van der Waals surface area (Å²) in [5.74, 6) is -0.206. The van der Waals surface area contributed by atoms with Crippen LogP contribution in [0, 0.1) is 0 Å².